The second-order valence-corrected chi connectivity index (χ2v) is 4.54. The summed E-state index contributed by atoms with van der Waals surface area (Å²) in [5, 5.41) is 0.770. The largest absolute Gasteiger partial charge is 0.390 e. The third-order valence-electron chi connectivity index (χ3n) is 2.84. The Morgan fingerprint density at radius 1 is 1.43 bits per heavy atom. The Morgan fingerprint density at radius 3 is 2.57 bits per heavy atom. The van der Waals surface area contributed by atoms with E-state index in [-0.39, 0.29) is 12.6 Å². The summed E-state index contributed by atoms with van der Waals surface area (Å²) < 4.78 is 36.0. The zero-order valence-corrected chi connectivity index (χ0v) is 9.74. The maximum atomic E-state index is 12.0. The van der Waals surface area contributed by atoms with Gasteiger partial charge in [0.15, 0.2) is 0 Å². The van der Waals surface area contributed by atoms with Gasteiger partial charge in [-0.3, -0.25) is 4.90 Å². The van der Waals surface area contributed by atoms with Crippen molar-refractivity contribution in [2.45, 2.75) is 32.0 Å². The normalized spacial score (nSPS) is 29.8. The summed E-state index contributed by atoms with van der Waals surface area (Å²) in [6, 6.07) is 0.275. The van der Waals surface area contributed by atoms with Crippen molar-refractivity contribution >= 4 is 15.9 Å². The summed E-state index contributed by atoms with van der Waals surface area (Å²) in [5.74, 6) is 0.502. The zero-order chi connectivity index (χ0) is 10.8. The van der Waals surface area contributed by atoms with E-state index in [9.17, 15) is 13.2 Å². The molecule has 1 nitrogen and oxygen atoms in total. The lowest BCUT2D eigenvalue weighted by molar-refractivity contribution is -0.138. The van der Waals surface area contributed by atoms with Crippen molar-refractivity contribution in [3.8, 4) is 0 Å². The second-order valence-electron chi connectivity index (χ2n) is 3.89. The van der Waals surface area contributed by atoms with E-state index in [4.69, 9.17) is 0 Å². The Bertz CT molecular complexity index is 183. The van der Waals surface area contributed by atoms with Crippen molar-refractivity contribution in [1.29, 1.82) is 0 Å². The van der Waals surface area contributed by atoms with Gasteiger partial charge in [0.2, 0.25) is 0 Å². The number of alkyl halides is 4. The molecule has 0 saturated carbocycles. The lowest BCUT2D eigenvalue weighted by atomic mass is 10.1. The predicted octanol–water partition coefficient (Wildman–Crippen LogP) is 3.04. The summed E-state index contributed by atoms with van der Waals surface area (Å²) in [6.45, 7) is 3.04. The maximum Gasteiger partial charge on any atom is 0.390 e. The molecule has 0 spiro atoms. The Balaban J connectivity index is 2.38. The molecule has 0 aliphatic carbocycles. The van der Waals surface area contributed by atoms with Crippen LogP contribution in [-0.2, 0) is 0 Å². The van der Waals surface area contributed by atoms with E-state index in [0.29, 0.717) is 5.92 Å². The highest BCUT2D eigenvalue weighted by molar-refractivity contribution is 9.09. The van der Waals surface area contributed by atoms with Gasteiger partial charge in [0.05, 0.1) is 6.42 Å². The molecule has 0 radical (unpaired) electrons. The van der Waals surface area contributed by atoms with E-state index in [0.717, 1.165) is 18.3 Å². The first kappa shape index (κ1) is 12.3. The monoisotopic (exact) mass is 273 g/mol. The van der Waals surface area contributed by atoms with Crippen LogP contribution in [0.4, 0.5) is 13.2 Å². The van der Waals surface area contributed by atoms with Crippen molar-refractivity contribution in [3.63, 3.8) is 0 Å². The average Bonchev–Trinajstić information content (AvgIpc) is 2.41. The summed E-state index contributed by atoms with van der Waals surface area (Å²) in [5.41, 5.74) is 0. The van der Waals surface area contributed by atoms with E-state index in [2.05, 4.69) is 22.9 Å². The van der Waals surface area contributed by atoms with Gasteiger partial charge in [-0.05, 0) is 18.9 Å². The third-order valence-corrected chi connectivity index (χ3v) is 3.50. The fourth-order valence-corrected chi connectivity index (χ4v) is 2.93. The highest BCUT2D eigenvalue weighted by Crippen LogP contribution is 2.27. The van der Waals surface area contributed by atoms with Gasteiger partial charge in [0.25, 0.3) is 0 Å². The molecule has 84 valence electrons. The summed E-state index contributed by atoms with van der Waals surface area (Å²) in [7, 11) is 0. The molecule has 1 rings (SSSR count). The SMILES string of the molecule is CC1CCN(CCC(F)(F)F)C1CBr. The minimum atomic E-state index is -4.03. The summed E-state index contributed by atoms with van der Waals surface area (Å²) in [6.07, 6.45) is -3.71. The first-order chi connectivity index (χ1) is 6.44. The van der Waals surface area contributed by atoms with Gasteiger partial charge in [-0.1, -0.05) is 22.9 Å². The molecular formula is C9H15BrF3N. The van der Waals surface area contributed by atoms with Crippen LogP contribution in [0.1, 0.15) is 19.8 Å². The highest BCUT2D eigenvalue weighted by atomic mass is 79.9. The van der Waals surface area contributed by atoms with E-state index in [1.807, 2.05) is 4.90 Å². The highest BCUT2D eigenvalue weighted by Gasteiger charge is 2.34. The minimum Gasteiger partial charge on any atom is -0.299 e. The van der Waals surface area contributed by atoms with Crippen LogP contribution in [-0.4, -0.2) is 35.5 Å². The molecule has 0 amide bonds. The number of likely N-dealkylation sites (tertiary alicyclic amines) is 1. The number of rotatable bonds is 3. The van der Waals surface area contributed by atoms with Crippen molar-refractivity contribution in [1.82, 2.24) is 4.90 Å². The third kappa shape index (κ3) is 3.42. The average molecular weight is 274 g/mol. The number of hydrogen-bond acceptors (Lipinski definition) is 1. The summed E-state index contributed by atoms with van der Waals surface area (Å²) >= 11 is 3.35. The fourth-order valence-electron chi connectivity index (χ4n) is 1.89. The molecule has 1 fully saturated rings. The van der Waals surface area contributed by atoms with Gasteiger partial charge >= 0.3 is 6.18 Å². The van der Waals surface area contributed by atoms with Gasteiger partial charge in [-0.2, -0.15) is 13.2 Å². The van der Waals surface area contributed by atoms with Crippen LogP contribution in [0.25, 0.3) is 0 Å². The van der Waals surface area contributed by atoms with Crippen LogP contribution in [0.2, 0.25) is 0 Å². The molecular weight excluding hydrogens is 259 g/mol. The molecule has 0 N–H and O–H groups in total. The molecule has 2 unspecified atom stereocenters. The number of hydrogen-bond donors (Lipinski definition) is 0. The summed E-state index contributed by atoms with van der Waals surface area (Å²) in [4.78, 5) is 1.94. The molecule has 1 heterocycles. The van der Waals surface area contributed by atoms with Crippen molar-refractivity contribution in [2.24, 2.45) is 5.92 Å². The maximum absolute atomic E-state index is 12.0. The molecule has 5 heteroatoms. The molecule has 0 aromatic rings. The van der Waals surface area contributed by atoms with Crippen LogP contribution in [0.3, 0.4) is 0 Å². The van der Waals surface area contributed by atoms with Crippen LogP contribution < -0.4 is 0 Å². The molecule has 14 heavy (non-hydrogen) atoms. The minimum absolute atomic E-state index is 0.143. The van der Waals surface area contributed by atoms with Crippen LogP contribution in [0.15, 0.2) is 0 Å². The molecule has 1 aliphatic heterocycles. The first-order valence-electron chi connectivity index (χ1n) is 4.81. The molecule has 2 atom stereocenters. The fraction of sp³-hybridized carbons (Fsp3) is 1.00. The number of halogens is 4. The Kier molecular flexibility index (Phi) is 4.25. The van der Waals surface area contributed by atoms with Gasteiger partial charge in [-0.25, -0.2) is 0 Å². The lowest BCUT2D eigenvalue weighted by Crippen LogP contribution is -2.35. The van der Waals surface area contributed by atoms with E-state index < -0.39 is 12.6 Å². The van der Waals surface area contributed by atoms with Crippen LogP contribution in [0.5, 0.6) is 0 Å². The van der Waals surface area contributed by atoms with Gasteiger partial charge in [-0.15, -0.1) is 0 Å². The molecule has 0 aromatic carbocycles. The smallest absolute Gasteiger partial charge is 0.299 e. The zero-order valence-electron chi connectivity index (χ0n) is 8.15. The van der Waals surface area contributed by atoms with Gasteiger partial charge in [0.1, 0.15) is 0 Å². The Hall–Kier alpha value is 0.230. The van der Waals surface area contributed by atoms with E-state index in [1.165, 1.54) is 0 Å². The predicted molar refractivity (Wildman–Crippen MR) is 53.6 cm³/mol. The van der Waals surface area contributed by atoms with E-state index >= 15 is 0 Å². The molecule has 0 bridgehead atoms. The molecule has 1 aliphatic rings. The van der Waals surface area contributed by atoms with Crippen molar-refractivity contribution < 1.29 is 13.2 Å². The first-order valence-corrected chi connectivity index (χ1v) is 5.93. The standard InChI is InChI=1S/C9H15BrF3N/c1-7-2-4-14(8(7)6-10)5-3-9(11,12)13/h7-8H,2-6H2,1H3. The Morgan fingerprint density at radius 2 is 2.07 bits per heavy atom. The van der Waals surface area contributed by atoms with Crippen molar-refractivity contribution in [3.05, 3.63) is 0 Å². The lowest BCUT2D eigenvalue weighted by Gasteiger charge is -2.25. The second kappa shape index (κ2) is 4.84. The Labute approximate surface area is 90.8 Å². The molecule has 1 saturated heterocycles. The van der Waals surface area contributed by atoms with Gasteiger partial charge < -0.3 is 0 Å². The van der Waals surface area contributed by atoms with E-state index in [1.54, 1.807) is 0 Å². The van der Waals surface area contributed by atoms with Gasteiger partial charge in [0, 0.05) is 17.9 Å². The van der Waals surface area contributed by atoms with Crippen LogP contribution in [0, 0.1) is 5.92 Å². The molecule has 0 aromatic heterocycles. The van der Waals surface area contributed by atoms with Crippen molar-refractivity contribution in [2.75, 3.05) is 18.4 Å². The number of nitrogens with zero attached hydrogens (tertiary/aromatic N) is 1. The topological polar surface area (TPSA) is 3.24 Å². The quantitative estimate of drug-likeness (QED) is 0.715. The van der Waals surface area contributed by atoms with Crippen LogP contribution >= 0.6 is 15.9 Å².